The number of anilines is 1. The number of ether oxygens (including phenoxy) is 3. The minimum Gasteiger partial charge on any atom is -0.493 e. The van der Waals surface area contributed by atoms with Crippen LogP contribution in [0.2, 0.25) is 0 Å². The average Bonchev–Trinajstić information content (AvgIpc) is 3.36. The number of hydrogen-bond donors (Lipinski definition) is 1. The normalized spacial score (nSPS) is 16.2. The van der Waals surface area contributed by atoms with Crippen molar-refractivity contribution in [2.75, 3.05) is 39.3 Å². The second-order valence-corrected chi connectivity index (χ2v) is 7.44. The van der Waals surface area contributed by atoms with Crippen molar-refractivity contribution in [2.24, 2.45) is 5.92 Å². The Morgan fingerprint density at radius 1 is 1.21 bits per heavy atom. The predicted octanol–water partition coefficient (Wildman–Crippen LogP) is 2.49. The number of carbonyl (C=O) groups is 2. The maximum absolute atomic E-state index is 12.5. The molecule has 2 heterocycles. The highest BCUT2D eigenvalue weighted by Gasteiger charge is 2.35. The lowest BCUT2D eigenvalue weighted by atomic mass is 10.1. The Hall–Kier alpha value is -2.74. The number of nitrogens with zero attached hydrogens (tertiary/aromatic N) is 1. The molecule has 1 aromatic carbocycles. The van der Waals surface area contributed by atoms with Gasteiger partial charge in [-0.15, -0.1) is 11.3 Å². The molecule has 1 unspecified atom stereocenters. The number of thiophene rings is 1. The second-order valence-electron chi connectivity index (χ2n) is 6.41. The minimum atomic E-state index is -0.380. The summed E-state index contributed by atoms with van der Waals surface area (Å²) in [6, 6.07) is 7.47. The molecule has 1 aromatic heterocycles. The fourth-order valence-corrected chi connectivity index (χ4v) is 3.97. The molecule has 1 N–H and O–H groups in total. The number of methoxy groups -OCH3 is 3. The van der Waals surface area contributed by atoms with Crippen LogP contribution in [-0.2, 0) is 16.0 Å². The largest absolute Gasteiger partial charge is 0.493 e. The van der Waals surface area contributed by atoms with E-state index in [4.69, 9.17) is 14.2 Å². The molecule has 28 heavy (non-hydrogen) atoms. The fraction of sp³-hybridized carbons (Fsp3) is 0.400. The van der Waals surface area contributed by atoms with Crippen molar-refractivity contribution in [1.29, 1.82) is 0 Å². The SMILES string of the molecule is COc1cc(N2CC(C(=O)NCCc3cccs3)CC2=O)cc(OC)c1OC. The molecule has 3 rings (SSSR count). The maximum Gasteiger partial charge on any atom is 0.227 e. The third-order valence-corrected chi connectivity index (χ3v) is 5.64. The molecule has 1 aliphatic heterocycles. The van der Waals surface area contributed by atoms with Crippen molar-refractivity contribution < 1.29 is 23.8 Å². The van der Waals surface area contributed by atoms with Gasteiger partial charge < -0.3 is 24.4 Å². The molecule has 0 radical (unpaired) electrons. The van der Waals surface area contributed by atoms with Gasteiger partial charge in [0.2, 0.25) is 17.6 Å². The zero-order valence-electron chi connectivity index (χ0n) is 16.2. The minimum absolute atomic E-state index is 0.0974. The van der Waals surface area contributed by atoms with Gasteiger partial charge in [-0.05, 0) is 17.9 Å². The number of hydrogen-bond acceptors (Lipinski definition) is 6. The van der Waals surface area contributed by atoms with E-state index in [2.05, 4.69) is 5.32 Å². The van der Waals surface area contributed by atoms with Crippen LogP contribution in [0.4, 0.5) is 5.69 Å². The van der Waals surface area contributed by atoms with Gasteiger partial charge in [0, 0.05) is 36.5 Å². The summed E-state index contributed by atoms with van der Waals surface area (Å²) in [5.74, 6) is 0.813. The van der Waals surface area contributed by atoms with Crippen molar-refractivity contribution >= 4 is 28.8 Å². The first-order chi connectivity index (χ1) is 13.6. The number of benzene rings is 1. The van der Waals surface area contributed by atoms with Crippen LogP contribution in [0.25, 0.3) is 0 Å². The molecular weight excluding hydrogens is 380 g/mol. The van der Waals surface area contributed by atoms with Gasteiger partial charge >= 0.3 is 0 Å². The quantitative estimate of drug-likeness (QED) is 0.732. The molecule has 0 bridgehead atoms. The first-order valence-electron chi connectivity index (χ1n) is 8.97. The van der Waals surface area contributed by atoms with Crippen molar-refractivity contribution in [1.82, 2.24) is 5.32 Å². The van der Waals surface area contributed by atoms with Crippen LogP contribution in [0.15, 0.2) is 29.6 Å². The monoisotopic (exact) mass is 404 g/mol. The van der Waals surface area contributed by atoms with Crippen molar-refractivity contribution in [3.63, 3.8) is 0 Å². The summed E-state index contributed by atoms with van der Waals surface area (Å²) in [6.45, 7) is 0.885. The van der Waals surface area contributed by atoms with Crippen LogP contribution in [0.1, 0.15) is 11.3 Å². The molecule has 2 amide bonds. The highest BCUT2D eigenvalue weighted by molar-refractivity contribution is 7.09. The lowest BCUT2D eigenvalue weighted by molar-refractivity contribution is -0.126. The summed E-state index contributed by atoms with van der Waals surface area (Å²) in [5.41, 5.74) is 0.619. The topological polar surface area (TPSA) is 77.1 Å². The Balaban J connectivity index is 1.67. The molecule has 0 spiro atoms. The van der Waals surface area contributed by atoms with Crippen LogP contribution >= 0.6 is 11.3 Å². The number of nitrogens with one attached hydrogen (secondary N) is 1. The van der Waals surface area contributed by atoms with Crippen LogP contribution in [-0.4, -0.2) is 46.2 Å². The van der Waals surface area contributed by atoms with Gasteiger partial charge in [0.1, 0.15) is 0 Å². The number of carbonyl (C=O) groups excluding carboxylic acids is 2. The fourth-order valence-electron chi connectivity index (χ4n) is 3.26. The Labute approximate surface area is 168 Å². The van der Waals surface area contributed by atoms with E-state index in [1.165, 1.54) is 26.2 Å². The van der Waals surface area contributed by atoms with Crippen molar-refractivity contribution in [3.05, 3.63) is 34.5 Å². The van der Waals surface area contributed by atoms with Gasteiger partial charge in [-0.3, -0.25) is 9.59 Å². The van der Waals surface area contributed by atoms with Gasteiger partial charge in [-0.1, -0.05) is 6.07 Å². The molecule has 1 fully saturated rings. The third kappa shape index (κ3) is 4.22. The molecule has 1 saturated heterocycles. The molecule has 1 aliphatic rings. The average molecular weight is 404 g/mol. The first-order valence-corrected chi connectivity index (χ1v) is 9.85. The summed E-state index contributed by atoms with van der Waals surface area (Å²) < 4.78 is 16.0. The molecule has 8 heteroatoms. The van der Waals surface area contributed by atoms with Crippen molar-refractivity contribution in [3.8, 4) is 17.2 Å². The van der Waals surface area contributed by atoms with Gasteiger partial charge in [0.05, 0.1) is 32.9 Å². The molecule has 1 atom stereocenters. The van der Waals surface area contributed by atoms with E-state index in [-0.39, 0.29) is 24.2 Å². The van der Waals surface area contributed by atoms with E-state index >= 15 is 0 Å². The Morgan fingerprint density at radius 3 is 2.50 bits per heavy atom. The summed E-state index contributed by atoms with van der Waals surface area (Å²) >= 11 is 1.67. The van der Waals surface area contributed by atoms with Crippen LogP contribution in [0.5, 0.6) is 17.2 Å². The zero-order chi connectivity index (χ0) is 20.1. The summed E-state index contributed by atoms with van der Waals surface area (Å²) in [5, 5.41) is 4.95. The molecule has 0 saturated carbocycles. The second kappa shape index (κ2) is 8.97. The smallest absolute Gasteiger partial charge is 0.227 e. The van der Waals surface area contributed by atoms with Gasteiger partial charge in [-0.2, -0.15) is 0 Å². The zero-order valence-corrected chi connectivity index (χ0v) is 17.0. The van der Waals surface area contributed by atoms with Gasteiger partial charge in [0.15, 0.2) is 11.5 Å². The van der Waals surface area contributed by atoms with E-state index in [1.54, 1.807) is 28.4 Å². The molecular formula is C20H24N2O5S. The van der Waals surface area contributed by atoms with E-state index in [9.17, 15) is 9.59 Å². The maximum atomic E-state index is 12.5. The Morgan fingerprint density at radius 2 is 1.93 bits per heavy atom. The highest BCUT2D eigenvalue weighted by Crippen LogP contribution is 2.42. The summed E-state index contributed by atoms with van der Waals surface area (Å²) in [7, 11) is 4.57. The number of rotatable bonds is 8. The standard InChI is InChI=1S/C20H24N2O5S/c1-25-16-10-14(11-17(26-2)19(16)27-3)22-12-13(9-18(22)23)20(24)21-7-6-15-5-4-8-28-15/h4-5,8,10-11,13H,6-7,9,12H2,1-3H3,(H,21,24). The Kier molecular flexibility index (Phi) is 6.41. The van der Waals surface area contributed by atoms with E-state index < -0.39 is 0 Å². The van der Waals surface area contributed by atoms with E-state index in [1.807, 2.05) is 17.5 Å². The van der Waals surface area contributed by atoms with E-state index in [0.29, 0.717) is 36.0 Å². The predicted molar refractivity (Wildman–Crippen MR) is 108 cm³/mol. The molecule has 150 valence electrons. The summed E-state index contributed by atoms with van der Waals surface area (Å²) in [6.07, 6.45) is 0.974. The van der Waals surface area contributed by atoms with Crippen LogP contribution in [0.3, 0.4) is 0 Å². The molecule has 2 aromatic rings. The van der Waals surface area contributed by atoms with Gasteiger partial charge in [0.25, 0.3) is 0 Å². The van der Waals surface area contributed by atoms with Crippen LogP contribution < -0.4 is 24.4 Å². The highest BCUT2D eigenvalue weighted by atomic mass is 32.1. The van der Waals surface area contributed by atoms with E-state index in [0.717, 1.165) is 6.42 Å². The Bertz CT molecular complexity index is 812. The molecule has 7 nitrogen and oxygen atoms in total. The third-order valence-electron chi connectivity index (χ3n) is 4.71. The van der Waals surface area contributed by atoms with Gasteiger partial charge in [-0.25, -0.2) is 0 Å². The lowest BCUT2D eigenvalue weighted by Crippen LogP contribution is -2.34. The lowest BCUT2D eigenvalue weighted by Gasteiger charge is -2.20. The van der Waals surface area contributed by atoms with Crippen molar-refractivity contribution in [2.45, 2.75) is 12.8 Å². The number of amides is 2. The van der Waals surface area contributed by atoms with Crippen LogP contribution in [0, 0.1) is 5.92 Å². The molecule has 0 aliphatic carbocycles. The first kappa shape index (κ1) is 20.0. The summed E-state index contributed by atoms with van der Waals surface area (Å²) in [4.78, 5) is 27.8.